The number of halogens is 5. The number of nitrogens with zero attached hydrogens (tertiary/aromatic N) is 2. The maximum absolute atomic E-state index is 14.2. The van der Waals surface area contributed by atoms with Crippen LogP contribution in [0.4, 0.5) is 22.0 Å². The zero-order valence-corrected chi connectivity index (χ0v) is 24.8. The molecule has 0 bridgehead atoms. The summed E-state index contributed by atoms with van der Waals surface area (Å²) in [4.78, 5) is 24.7. The second-order valence-electron chi connectivity index (χ2n) is 10.3. The number of aryl methyl sites for hydroxylation is 2. The Kier molecular flexibility index (Phi) is 7.63. The number of carbonyl (C=O) groups is 2. The Morgan fingerprint density at radius 2 is 1.59 bits per heavy atom. The van der Waals surface area contributed by atoms with Crippen LogP contribution < -0.4 is 4.74 Å². The molecule has 5 aromatic rings. The molecule has 0 spiro atoms. The van der Waals surface area contributed by atoms with Gasteiger partial charge in [0.25, 0.3) is 0 Å². The smallest absolute Gasteiger partial charge is 0.364 e. The Morgan fingerprint density at radius 1 is 0.935 bits per heavy atom. The highest BCUT2D eigenvalue weighted by molar-refractivity contribution is 7.86. The number of benzene rings is 4. The molecule has 1 aliphatic rings. The first-order valence-corrected chi connectivity index (χ1v) is 15.2. The molecule has 0 aliphatic carbocycles. The van der Waals surface area contributed by atoms with Crippen molar-refractivity contribution in [1.82, 2.24) is 4.57 Å². The lowest BCUT2D eigenvalue weighted by atomic mass is 9.97. The number of hydrogen-bond donors (Lipinski definition) is 0. The first kappa shape index (κ1) is 30.9. The van der Waals surface area contributed by atoms with E-state index in [2.05, 4.69) is 9.44 Å². The van der Waals surface area contributed by atoms with Crippen LogP contribution in [-0.2, 0) is 20.9 Å². The van der Waals surface area contributed by atoms with Crippen LogP contribution in [0.15, 0.2) is 64.6 Å². The lowest BCUT2D eigenvalue weighted by Crippen LogP contribution is -2.18. The number of hydrogen-bond acceptors (Lipinski definition) is 7. The molecule has 6 rings (SSSR count). The third-order valence-corrected chi connectivity index (χ3v) is 8.84. The molecular weight excluding hydrogens is 635 g/mol. The lowest BCUT2D eigenvalue weighted by Gasteiger charge is -2.09. The van der Waals surface area contributed by atoms with E-state index in [0.29, 0.717) is 34.0 Å². The van der Waals surface area contributed by atoms with Crippen molar-refractivity contribution in [1.29, 1.82) is 0 Å². The SMILES string of the molecule is CCn1c2ccc(C(=O)c3ccccc3C)cc2c2c3c(ccc21)C(=O)/C(=N/OS(=O)(=O)c1c(F)c(F)c(F)c(F)c1F)CCO3. The van der Waals surface area contributed by atoms with Crippen molar-refractivity contribution in [3.63, 3.8) is 0 Å². The molecule has 0 unspecified atom stereocenters. The highest BCUT2D eigenvalue weighted by Crippen LogP contribution is 2.40. The third kappa shape index (κ3) is 4.80. The molecule has 0 fully saturated rings. The predicted molar refractivity (Wildman–Crippen MR) is 156 cm³/mol. The molecule has 0 atom stereocenters. The number of fused-ring (bicyclic) bond motifs is 5. The molecule has 8 nitrogen and oxygen atoms in total. The molecule has 0 saturated carbocycles. The zero-order chi connectivity index (χ0) is 33.1. The molecule has 4 aromatic carbocycles. The van der Waals surface area contributed by atoms with Crippen molar-refractivity contribution in [2.24, 2.45) is 5.16 Å². The Labute approximate surface area is 257 Å². The Balaban J connectivity index is 1.44. The highest BCUT2D eigenvalue weighted by Gasteiger charge is 2.36. The van der Waals surface area contributed by atoms with E-state index in [1.165, 1.54) is 6.07 Å². The molecule has 0 radical (unpaired) electrons. The van der Waals surface area contributed by atoms with Gasteiger partial charge in [0.1, 0.15) is 11.5 Å². The van der Waals surface area contributed by atoms with Crippen molar-refractivity contribution in [2.75, 3.05) is 6.61 Å². The highest BCUT2D eigenvalue weighted by atomic mass is 32.2. The van der Waals surface area contributed by atoms with Crippen LogP contribution in [0, 0.1) is 36.0 Å². The normalized spacial score (nSPS) is 14.4. The molecule has 1 aromatic heterocycles. The van der Waals surface area contributed by atoms with Gasteiger partial charge in [-0.05, 0) is 49.7 Å². The van der Waals surface area contributed by atoms with Crippen molar-refractivity contribution < 1.29 is 49.0 Å². The van der Waals surface area contributed by atoms with E-state index < -0.39 is 55.6 Å². The van der Waals surface area contributed by atoms with Crippen LogP contribution in [0.25, 0.3) is 21.8 Å². The van der Waals surface area contributed by atoms with Crippen molar-refractivity contribution in [3.05, 3.63) is 106 Å². The fourth-order valence-corrected chi connectivity index (χ4v) is 6.37. The number of ether oxygens (including phenoxy) is 1. The van der Waals surface area contributed by atoms with Gasteiger partial charge in [-0.25, -0.2) is 22.0 Å². The van der Waals surface area contributed by atoms with E-state index in [1.807, 2.05) is 30.5 Å². The van der Waals surface area contributed by atoms with Gasteiger partial charge in [-0.2, -0.15) is 8.42 Å². The minimum absolute atomic E-state index is 0.0632. The summed E-state index contributed by atoms with van der Waals surface area (Å²) in [6.07, 6.45) is -0.342. The average molecular weight is 657 g/mol. The number of Topliss-reactive ketones (excluding diaryl/α,β-unsaturated/α-hetero) is 1. The second-order valence-corrected chi connectivity index (χ2v) is 11.8. The molecule has 14 heteroatoms. The Bertz CT molecular complexity index is 2250. The minimum Gasteiger partial charge on any atom is -0.492 e. The van der Waals surface area contributed by atoms with Gasteiger partial charge in [-0.3, -0.25) is 13.9 Å². The second kappa shape index (κ2) is 11.4. The average Bonchev–Trinajstić information content (AvgIpc) is 3.27. The monoisotopic (exact) mass is 656 g/mol. The Morgan fingerprint density at radius 3 is 2.26 bits per heavy atom. The van der Waals surface area contributed by atoms with Crippen LogP contribution in [0.5, 0.6) is 5.75 Å². The van der Waals surface area contributed by atoms with Gasteiger partial charge in [0.15, 0.2) is 33.9 Å². The Hall–Kier alpha value is -5.11. The molecule has 2 heterocycles. The van der Waals surface area contributed by atoms with Gasteiger partial charge in [0.05, 0.1) is 23.1 Å². The first-order valence-electron chi connectivity index (χ1n) is 13.8. The predicted octanol–water partition coefficient (Wildman–Crippen LogP) is 6.78. The minimum atomic E-state index is -5.71. The summed E-state index contributed by atoms with van der Waals surface area (Å²) in [5.74, 6) is -13.8. The summed E-state index contributed by atoms with van der Waals surface area (Å²) in [7, 11) is -5.71. The number of ketones is 2. The van der Waals surface area contributed by atoms with Crippen molar-refractivity contribution >= 4 is 49.2 Å². The zero-order valence-electron chi connectivity index (χ0n) is 24.0. The molecule has 0 N–H and O–H groups in total. The third-order valence-electron chi connectivity index (χ3n) is 7.71. The molecule has 1 aliphatic heterocycles. The molecule has 0 amide bonds. The van der Waals surface area contributed by atoms with Gasteiger partial charge < -0.3 is 9.30 Å². The summed E-state index contributed by atoms with van der Waals surface area (Å²) in [6.45, 7) is 4.03. The molecular formula is C32H21F5N2O6S. The van der Waals surface area contributed by atoms with Gasteiger partial charge in [0, 0.05) is 35.0 Å². The molecule has 46 heavy (non-hydrogen) atoms. The van der Waals surface area contributed by atoms with Gasteiger partial charge in [-0.15, -0.1) is 0 Å². The number of oxime groups is 1. The molecule has 0 saturated heterocycles. The summed E-state index contributed by atoms with van der Waals surface area (Å²) in [5, 5.41) is 4.36. The molecule has 236 valence electrons. The number of carbonyl (C=O) groups excluding carboxylic acids is 2. The van der Waals surface area contributed by atoms with Gasteiger partial charge in [-0.1, -0.05) is 29.4 Å². The van der Waals surface area contributed by atoms with Crippen LogP contribution in [0.3, 0.4) is 0 Å². The first-order chi connectivity index (χ1) is 21.9. The maximum atomic E-state index is 14.2. The topological polar surface area (TPSA) is 104 Å². The number of rotatable bonds is 6. The fraction of sp³-hybridized carbons (Fsp3) is 0.156. The van der Waals surface area contributed by atoms with Crippen LogP contribution in [-0.4, -0.2) is 36.9 Å². The van der Waals surface area contributed by atoms with Crippen LogP contribution >= 0.6 is 0 Å². The van der Waals surface area contributed by atoms with Crippen molar-refractivity contribution in [3.8, 4) is 5.75 Å². The van der Waals surface area contributed by atoms with E-state index in [-0.39, 0.29) is 30.1 Å². The summed E-state index contributed by atoms with van der Waals surface area (Å²) < 4.78 is 106. The quantitative estimate of drug-likeness (QED) is 0.0657. The maximum Gasteiger partial charge on any atom is 0.364 e. The largest absolute Gasteiger partial charge is 0.492 e. The number of aromatic nitrogens is 1. The van der Waals surface area contributed by atoms with Gasteiger partial charge in [0.2, 0.25) is 11.6 Å². The standard InChI is InChI=1S/C32H21F5N2O6S/c1-3-39-21-10-8-16(29(40)17-7-5-4-6-15(17)2)14-19(21)23-22(39)11-9-18-30(41)20(12-13-44-31(18)23)38-45-46(42,43)32-27(36)25(34)24(33)26(35)28(32)37/h4-11,14H,3,12-13H2,1-2H3/b38-20+. The lowest BCUT2D eigenvalue weighted by molar-refractivity contribution is 0.103. The van der Waals surface area contributed by atoms with E-state index in [4.69, 9.17) is 4.74 Å². The van der Waals surface area contributed by atoms with E-state index in [0.717, 1.165) is 11.1 Å². The van der Waals surface area contributed by atoms with Crippen LogP contribution in [0.1, 0.15) is 45.2 Å². The van der Waals surface area contributed by atoms with E-state index in [9.17, 15) is 40.0 Å². The van der Waals surface area contributed by atoms with E-state index >= 15 is 0 Å². The van der Waals surface area contributed by atoms with Crippen LogP contribution in [0.2, 0.25) is 0 Å². The summed E-state index contributed by atoms with van der Waals surface area (Å²) in [5.41, 5.74) is 2.51. The van der Waals surface area contributed by atoms with E-state index in [1.54, 1.807) is 36.4 Å². The summed E-state index contributed by atoms with van der Waals surface area (Å²) in [6, 6.07) is 15.4. The van der Waals surface area contributed by atoms with Gasteiger partial charge >= 0.3 is 10.1 Å². The fourth-order valence-electron chi connectivity index (χ4n) is 5.49. The summed E-state index contributed by atoms with van der Waals surface area (Å²) >= 11 is 0. The van der Waals surface area contributed by atoms with Crippen molar-refractivity contribution in [2.45, 2.75) is 31.7 Å².